The van der Waals surface area contributed by atoms with E-state index in [0.29, 0.717) is 51.7 Å². The molecule has 0 saturated heterocycles. The van der Waals surface area contributed by atoms with Crippen molar-refractivity contribution in [1.29, 1.82) is 0 Å². The summed E-state index contributed by atoms with van der Waals surface area (Å²) < 4.78 is 42.6. The summed E-state index contributed by atoms with van der Waals surface area (Å²) in [6, 6.07) is 19.7. The second-order valence-electron chi connectivity index (χ2n) is 9.92. The largest absolute Gasteiger partial charge is 0.478 e. The highest BCUT2D eigenvalue weighted by Crippen LogP contribution is 2.26. The molecule has 0 aliphatic carbocycles. The van der Waals surface area contributed by atoms with E-state index >= 15 is 4.39 Å². The SMILES string of the molecule is CO[C@H](C)Cn1c(Cc2ccc(-c3cccc(OCc4ccc(C)cc4F)n3)cc2F)nc2ccc(C(=O)O)cc21. The van der Waals surface area contributed by atoms with Crippen LogP contribution in [-0.4, -0.2) is 38.8 Å². The van der Waals surface area contributed by atoms with Gasteiger partial charge in [-0.2, -0.15) is 0 Å². The number of aromatic carboxylic acids is 1. The molecule has 0 unspecified atom stereocenters. The Hall–Kier alpha value is -4.63. The number of aryl methyl sites for hydroxylation is 1. The Balaban J connectivity index is 1.39. The number of hydrogen-bond donors (Lipinski definition) is 1. The number of aromatic nitrogens is 3. The summed E-state index contributed by atoms with van der Waals surface area (Å²) in [7, 11) is 1.60. The number of halogens is 2. The number of hydrogen-bond acceptors (Lipinski definition) is 5. The lowest BCUT2D eigenvalue weighted by Crippen LogP contribution is -2.17. The monoisotopic (exact) mass is 557 g/mol. The summed E-state index contributed by atoms with van der Waals surface area (Å²) in [5.41, 5.74) is 4.16. The number of benzene rings is 3. The first kappa shape index (κ1) is 27.9. The number of methoxy groups -OCH3 is 1. The fourth-order valence-electron chi connectivity index (χ4n) is 4.57. The number of pyridine rings is 1. The zero-order chi connectivity index (χ0) is 29.1. The predicted octanol–water partition coefficient (Wildman–Crippen LogP) is 6.59. The Morgan fingerprint density at radius 2 is 1.76 bits per heavy atom. The van der Waals surface area contributed by atoms with Crippen molar-refractivity contribution in [1.82, 2.24) is 14.5 Å². The Morgan fingerprint density at radius 3 is 2.49 bits per heavy atom. The van der Waals surface area contributed by atoms with Gasteiger partial charge in [0.05, 0.1) is 34.9 Å². The molecule has 41 heavy (non-hydrogen) atoms. The molecule has 0 saturated carbocycles. The Morgan fingerprint density at radius 1 is 0.976 bits per heavy atom. The lowest BCUT2D eigenvalue weighted by atomic mass is 10.1. The second kappa shape index (κ2) is 11.9. The number of rotatable bonds is 10. The van der Waals surface area contributed by atoms with E-state index < -0.39 is 11.8 Å². The van der Waals surface area contributed by atoms with Crippen molar-refractivity contribution in [2.75, 3.05) is 7.11 Å². The first-order valence-electron chi connectivity index (χ1n) is 13.1. The van der Waals surface area contributed by atoms with Crippen LogP contribution in [0.15, 0.2) is 72.8 Å². The minimum Gasteiger partial charge on any atom is -0.478 e. The van der Waals surface area contributed by atoms with Gasteiger partial charge in [0.1, 0.15) is 24.1 Å². The van der Waals surface area contributed by atoms with Gasteiger partial charge >= 0.3 is 5.97 Å². The molecule has 9 heteroatoms. The zero-order valence-corrected chi connectivity index (χ0v) is 22.9. The first-order chi connectivity index (χ1) is 19.7. The standard InChI is InChI=1S/C32H29F2N3O4/c1-19-7-8-24(25(33)13-19)18-41-31-6-4-5-27(36-31)22-10-9-21(26(34)14-22)16-30-35-28-12-11-23(32(38)39)15-29(28)37(30)17-20(2)40-3/h4-15,20H,16-18H2,1-3H3,(H,38,39)/t20-/m1/s1. The quantitative estimate of drug-likeness (QED) is 0.209. The van der Waals surface area contributed by atoms with Crippen molar-refractivity contribution in [3.05, 3.63) is 113 Å². The smallest absolute Gasteiger partial charge is 0.335 e. The van der Waals surface area contributed by atoms with Crippen molar-refractivity contribution in [3.8, 4) is 17.1 Å². The minimum atomic E-state index is -1.03. The summed E-state index contributed by atoms with van der Waals surface area (Å²) in [6.45, 7) is 4.16. The number of imidazole rings is 1. The molecule has 0 aliphatic heterocycles. The van der Waals surface area contributed by atoms with Gasteiger partial charge in [0, 0.05) is 30.7 Å². The molecule has 0 fully saturated rings. The molecule has 5 aromatic rings. The van der Waals surface area contributed by atoms with Crippen LogP contribution in [0, 0.1) is 18.6 Å². The third-order valence-corrected chi connectivity index (χ3v) is 6.92. The maximum Gasteiger partial charge on any atom is 0.335 e. The van der Waals surface area contributed by atoms with Crippen molar-refractivity contribution in [2.45, 2.75) is 39.5 Å². The van der Waals surface area contributed by atoms with Crippen LogP contribution in [0.25, 0.3) is 22.3 Å². The van der Waals surface area contributed by atoms with Crippen LogP contribution in [0.4, 0.5) is 8.78 Å². The van der Waals surface area contributed by atoms with E-state index in [1.54, 1.807) is 55.6 Å². The maximum absolute atomic E-state index is 15.4. The van der Waals surface area contributed by atoms with Crippen molar-refractivity contribution < 1.29 is 28.2 Å². The number of carboxylic acids is 1. The fraction of sp³-hybridized carbons (Fsp3) is 0.219. The molecule has 1 atom stereocenters. The van der Waals surface area contributed by atoms with Crippen LogP contribution < -0.4 is 4.74 Å². The molecular weight excluding hydrogens is 528 g/mol. The number of nitrogens with zero attached hydrogens (tertiary/aromatic N) is 3. The fourth-order valence-corrected chi connectivity index (χ4v) is 4.57. The lowest BCUT2D eigenvalue weighted by molar-refractivity contribution is 0.0697. The molecule has 1 N–H and O–H groups in total. The van der Waals surface area contributed by atoms with Gasteiger partial charge < -0.3 is 19.1 Å². The van der Waals surface area contributed by atoms with E-state index in [2.05, 4.69) is 9.97 Å². The highest BCUT2D eigenvalue weighted by Gasteiger charge is 2.18. The second-order valence-corrected chi connectivity index (χ2v) is 9.92. The van der Waals surface area contributed by atoms with Crippen LogP contribution in [0.1, 0.15) is 39.8 Å². The summed E-state index contributed by atoms with van der Waals surface area (Å²) in [4.78, 5) is 20.7. The molecule has 3 aromatic carbocycles. The van der Waals surface area contributed by atoms with Gasteiger partial charge in [-0.05, 0) is 61.4 Å². The molecule has 0 amide bonds. The summed E-state index contributed by atoms with van der Waals surface area (Å²) in [5, 5.41) is 9.45. The molecular formula is C32H29F2N3O4. The molecule has 2 heterocycles. The summed E-state index contributed by atoms with van der Waals surface area (Å²) >= 11 is 0. The lowest BCUT2D eigenvalue weighted by Gasteiger charge is -2.15. The summed E-state index contributed by atoms with van der Waals surface area (Å²) in [5.74, 6) is -0.912. The molecule has 210 valence electrons. The number of fused-ring (bicyclic) bond motifs is 1. The molecule has 7 nitrogen and oxygen atoms in total. The van der Waals surface area contributed by atoms with Gasteiger partial charge in [0.25, 0.3) is 0 Å². The molecule has 0 radical (unpaired) electrons. The third-order valence-electron chi connectivity index (χ3n) is 6.92. The van der Waals surface area contributed by atoms with E-state index in [1.807, 2.05) is 24.5 Å². The van der Waals surface area contributed by atoms with Gasteiger partial charge in [-0.25, -0.2) is 23.5 Å². The van der Waals surface area contributed by atoms with Gasteiger partial charge in [0.2, 0.25) is 5.88 Å². The van der Waals surface area contributed by atoms with E-state index in [1.165, 1.54) is 18.2 Å². The highest BCUT2D eigenvalue weighted by molar-refractivity contribution is 5.92. The van der Waals surface area contributed by atoms with Gasteiger partial charge in [-0.3, -0.25) is 0 Å². The topological polar surface area (TPSA) is 86.5 Å². The molecule has 0 bridgehead atoms. The van der Waals surface area contributed by atoms with E-state index in [4.69, 9.17) is 9.47 Å². The Bertz CT molecular complexity index is 1730. The van der Waals surface area contributed by atoms with E-state index in [-0.39, 0.29) is 30.5 Å². The Kier molecular flexibility index (Phi) is 8.07. The zero-order valence-electron chi connectivity index (χ0n) is 22.9. The number of carbonyl (C=O) groups is 1. The Labute approximate surface area is 236 Å². The van der Waals surface area contributed by atoms with E-state index in [0.717, 1.165) is 5.56 Å². The average molecular weight is 558 g/mol. The van der Waals surface area contributed by atoms with Gasteiger partial charge in [-0.15, -0.1) is 0 Å². The third kappa shape index (κ3) is 6.25. The van der Waals surface area contributed by atoms with Gasteiger partial charge in [-0.1, -0.05) is 30.3 Å². The number of carboxylic acid groups (broad SMARTS) is 1. The first-order valence-corrected chi connectivity index (χ1v) is 13.1. The van der Waals surface area contributed by atoms with Crippen molar-refractivity contribution in [3.63, 3.8) is 0 Å². The van der Waals surface area contributed by atoms with Crippen LogP contribution in [0.2, 0.25) is 0 Å². The molecule has 0 aliphatic rings. The van der Waals surface area contributed by atoms with Crippen molar-refractivity contribution in [2.24, 2.45) is 0 Å². The highest BCUT2D eigenvalue weighted by atomic mass is 19.1. The molecule has 0 spiro atoms. The van der Waals surface area contributed by atoms with Crippen molar-refractivity contribution >= 4 is 17.0 Å². The summed E-state index contributed by atoms with van der Waals surface area (Å²) in [6.07, 6.45) is 0.0214. The number of ether oxygens (including phenoxy) is 2. The van der Waals surface area contributed by atoms with Crippen LogP contribution >= 0.6 is 0 Å². The van der Waals surface area contributed by atoms with E-state index in [9.17, 15) is 14.3 Å². The van der Waals surface area contributed by atoms with Crippen LogP contribution in [-0.2, 0) is 24.3 Å². The minimum absolute atomic E-state index is 0.0203. The molecule has 2 aromatic heterocycles. The maximum atomic E-state index is 15.4. The average Bonchev–Trinajstić information content (AvgIpc) is 3.29. The predicted molar refractivity (Wildman–Crippen MR) is 151 cm³/mol. The van der Waals surface area contributed by atoms with Crippen LogP contribution in [0.5, 0.6) is 5.88 Å². The normalized spacial score (nSPS) is 12.0. The van der Waals surface area contributed by atoms with Gasteiger partial charge in [0.15, 0.2) is 0 Å². The van der Waals surface area contributed by atoms with Crippen LogP contribution in [0.3, 0.4) is 0 Å². The molecule has 5 rings (SSSR count).